The molecule has 6 rings (SSSR count). The second-order valence-corrected chi connectivity index (χ2v) is 13.9. The molecule has 4 aromatic rings. The van der Waals surface area contributed by atoms with Gasteiger partial charge in [-0.15, -0.1) is 0 Å². The lowest BCUT2D eigenvalue weighted by atomic mass is 9.73. The summed E-state index contributed by atoms with van der Waals surface area (Å²) in [6.07, 6.45) is 5.97. The number of carbonyl (C=O) groups is 3. The van der Waals surface area contributed by atoms with Crippen molar-refractivity contribution in [1.82, 2.24) is 5.32 Å². The summed E-state index contributed by atoms with van der Waals surface area (Å²) in [6.45, 7) is 2.47. The average molecular weight is 695 g/mol. The number of halogens is 2. The Labute approximate surface area is 298 Å². The van der Waals surface area contributed by atoms with Gasteiger partial charge in [0.05, 0.1) is 29.5 Å². The van der Waals surface area contributed by atoms with Crippen LogP contribution in [-0.2, 0) is 20.9 Å². The van der Waals surface area contributed by atoms with Gasteiger partial charge in [-0.3, -0.25) is 14.4 Å². The van der Waals surface area contributed by atoms with E-state index < -0.39 is 29.6 Å². The summed E-state index contributed by atoms with van der Waals surface area (Å²) in [4.78, 5) is 45.7. The van der Waals surface area contributed by atoms with E-state index in [1.165, 1.54) is 6.07 Å². The summed E-state index contributed by atoms with van der Waals surface area (Å²) in [7, 11) is 0. The quantitative estimate of drug-likeness (QED) is 0.147. The van der Waals surface area contributed by atoms with Gasteiger partial charge < -0.3 is 20.9 Å². The Balaban J connectivity index is 1.37. The molecule has 1 heterocycles. The lowest BCUT2D eigenvalue weighted by Gasteiger charge is -2.34. The molecule has 4 aromatic carbocycles. The average Bonchev–Trinajstić information content (AvgIpc) is 3.21. The van der Waals surface area contributed by atoms with Gasteiger partial charge in [0, 0.05) is 17.5 Å². The first-order valence-corrected chi connectivity index (χ1v) is 18.0. The van der Waals surface area contributed by atoms with Gasteiger partial charge in [0.2, 0.25) is 11.8 Å². The van der Waals surface area contributed by atoms with Gasteiger partial charge in [0.15, 0.2) is 0 Å². The summed E-state index contributed by atoms with van der Waals surface area (Å²) >= 11 is 6.10. The van der Waals surface area contributed by atoms with Crippen LogP contribution in [0.25, 0.3) is 11.1 Å². The number of anilines is 3. The Kier molecular flexibility index (Phi) is 11.2. The van der Waals surface area contributed by atoms with Crippen LogP contribution in [0.2, 0.25) is 5.02 Å². The van der Waals surface area contributed by atoms with Crippen molar-refractivity contribution in [3.05, 3.63) is 113 Å². The molecule has 2 aliphatic rings. The molecule has 50 heavy (non-hydrogen) atoms. The molecular weight excluding hydrogens is 651 g/mol. The molecule has 0 bridgehead atoms. The van der Waals surface area contributed by atoms with Gasteiger partial charge in [-0.25, -0.2) is 4.39 Å². The standard InChI is InChI=1S/C41H44ClFN4O3/c1-2-3-17-32(39(44)48)33(23-27-11-9-12-27)40(49)45-36-26-46(31-15-5-4-6-16-31)37-18-7-8-19-38(37)47(41(36)50)25-28-13-10-14-29(22-28)30-20-21-35(43)34(42)24-30/h4-8,10,13-16,18-22,24,27,32-33,36H,2-3,9,11-12,17,23,25-26H2,1H3,(H2,44,48)(H,45,49)/t32-,33+,36?/m0/s1. The second-order valence-electron chi connectivity index (χ2n) is 13.5. The number of carbonyl (C=O) groups excluding carboxylic acids is 3. The molecule has 0 radical (unpaired) electrons. The highest BCUT2D eigenvalue weighted by Gasteiger charge is 2.40. The van der Waals surface area contributed by atoms with E-state index in [1.54, 1.807) is 17.0 Å². The molecule has 1 aliphatic heterocycles. The lowest BCUT2D eigenvalue weighted by molar-refractivity contribution is -0.136. The van der Waals surface area contributed by atoms with E-state index in [4.69, 9.17) is 17.3 Å². The number of amides is 3. The SMILES string of the molecule is CCCC[C@H](C(N)=O)[C@@H](CC1CCC1)C(=O)NC1CN(c2ccccc2)c2ccccc2N(Cc2cccc(-c3ccc(F)c(Cl)c3)c2)C1=O. The Morgan fingerprint density at radius 3 is 2.32 bits per heavy atom. The number of benzene rings is 4. The maximum absolute atomic E-state index is 14.8. The van der Waals surface area contributed by atoms with Crippen LogP contribution < -0.4 is 20.9 Å². The van der Waals surface area contributed by atoms with Crippen molar-refractivity contribution in [3.8, 4) is 11.1 Å². The van der Waals surface area contributed by atoms with Crippen LogP contribution in [0.5, 0.6) is 0 Å². The van der Waals surface area contributed by atoms with Gasteiger partial charge in [-0.2, -0.15) is 0 Å². The minimum Gasteiger partial charge on any atom is -0.369 e. The van der Waals surface area contributed by atoms with E-state index in [-0.39, 0.29) is 29.9 Å². The molecule has 3 atom stereocenters. The number of hydrogen-bond acceptors (Lipinski definition) is 4. The second kappa shape index (κ2) is 15.9. The van der Waals surface area contributed by atoms with E-state index in [2.05, 4.69) is 17.1 Å². The molecule has 1 saturated carbocycles. The number of fused-ring (bicyclic) bond motifs is 1. The van der Waals surface area contributed by atoms with Crippen LogP contribution in [0.15, 0.2) is 97.1 Å². The monoisotopic (exact) mass is 694 g/mol. The Bertz CT molecular complexity index is 1830. The van der Waals surface area contributed by atoms with Crippen molar-refractivity contribution in [2.24, 2.45) is 23.5 Å². The summed E-state index contributed by atoms with van der Waals surface area (Å²) in [5, 5.41) is 3.18. The summed E-state index contributed by atoms with van der Waals surface area (Å²) in [5.41, 5.74) is 10.8. The van der Waals surface area contributed by atoms with E-state index in [0.717, 1.165) is 60.2 Å². The fourth-order valence-electron chi connectivity index (χ4n) is 7.20. The molecule has 0 saturated heterocycles. The summed E-state index contributed by atoms with van der Waals surface area (Å²) < 4.78 is 13.9. The number of primary amides is 1. The number of rotatable bonds is 13. The van der Waals surface area contributed by atoms with Crippen molar-refractivity contribution < 1.29 is 18.8 Å². The van der Waals surface area contributed by atoms with Crippen LogP contribution in [0.3, 0.4) is 0 Å². The van der Waals surface area contributed by atoms with Crippen molar-refractivity contribution in [2.45, 2.75) is 64.5 Å². The van der Waals surface area contributed by atoms with Crippen molar-refractivity contribution in [2.75, 3.05) is 16.3 Å². The van der Waals surface area contributed by atoms with Gasteiger partial charge in [-0.1, -0.05) is 105 Å². The topological polar surface area (TPSA) is 95.7 Å². The van der Waals surface area contributed by atoms with Crippen molar-refractivity contribution in [1.29, 1.82) is 0 Å². The molecule has 9 heteroatoms. The minimum absolute atomic E-state index is 0.0352. The maximum Gasteiger partial charge on any atom is 0.251 e. The van der Waals surface area contributed by atoms with E-state index in [1.807, 2.05) is 78.9 Å². The third kappa shape index (κ3) is 7.86. The number of unbranched alkanes of at least 4 members (excludes halogenated alkanes) is 1. The number of nitrogens with two attached hydrogens (primary N) is 1. The third-order valence-corrected chi connectivity index (χ3v) is 10.5. The Hall–Kier alpha value is -4.69. The molecule has 1 fully saturated rings. The van der Waals surface area contributed by atoms with Crippen LogP contribution in [-0.4, -0.2) is 30.3 Å². The molecule has 3 amide bonds. The normalized spacial score (nSPS) is 17.3. The molecule has 7 nitrogen and oxygen atoms in total. The van der Waals surface area contributed by atoms with Crippen molar-refractivity contribution >= 4 is 46.4 Å². The minimum atomic E-state index is -0.919. The van der Waals surface area contributed by atoms with Gasteiger partial charge in [0.25, 0.3) is 5.91 Å². The smallest absolute Gasteiger partial charge is 0.251 e. The first kappa shape index (κ1) is 35.1. The third-order valence-electron chi connectivity index (χ3n) is 10.2. The van der Waals surface area contributed by atoms with Crippen LogP contribution in [0, 0.1) is 23.6 Å². The highest BCUT2D eigenvalue weighted by molar-refractivity contribution is 6.31. The lowest BCUT2D eigenvalue weighted by Crippen LogP contribution is -2.54. The van der Waals surface area contributed by atoms with Crippen LogP contribution >= 0.6 is 11.6 Å². The van der Waals surface area contributed by atoms with E-state index >= 15 is 0 Å². The molecule has 0 aromatic heterocycles. The number of nitrogens with zero attached hydrogens (tertiary/aromatic N) is 2. The number of nitrogens with one attached hydrogen (secondary N) is 1. The fourth-order valence-corrected chi connectivity index (χ4v) is 7.38. The van der Waals surface area contributed by atoms with E-state index in [0.29, 0.717) is 24.4 Å². The summed E-state index contributed by atoms with van der Waals surface area (Å²) in [5.74, 6) is -2.36. The predicted octanol–water partition coefficient (Wildman–Crippen LogP) is 8.41. The molecule has 0 spiro atoms. The zero-order valence-electron chi connectivity index (χ0n) is 28.4. The maximum atomic E-state index is 14.8. The Morgan fingerprint density at radius 1 is 0.920 bits per heavy atom. The first-order valence-electron chi connectivity index (χ1n) is 17.6. The highest BCUT2D eigenvalue weighted by atomic mass is 35.5. The van der Waals surface area contributed by atoms with Gasteiger partial charge >= 0.3 is 0 Å². The molecule has 3 N–H and O–H groups in total. The molecule has 1 unspecified atom stereocenters. The van der Waals surface area contributed by atoms with Gasteiger partial charge in [0.1, 0.15) is 11.9 Å². The molecule has 260 valence electrons. The predicted molar refractivity (Wildman–Crippen MR) is 198 cm³/mol. The first-order chi connectivity index (χ1) is 24.2. The highest BCUT2D eigenvalue weighted by Crippen LogP contribution is 2.39. The Morgan fingerprint density at radius 2 is 1.64 bits per heavy atom. The zero-order chi connectivity index (χ0) is 35.2. The van der Waals surface area contributed by atoms with E-state index in [9.17, 15) is 18.8 Å². The number of para-hydroxylation sites is 3. The molecule has 1 aliphatic carbocycles. The zero-order valence-corrected chi connectivity index (χ0v) is 29.1. The molecular formula is C41H44ClFN4O3. The van der Waals surface area contributed by atoms with Crippen LogP contribution in [0.4, 0.5) is 21.5 Å². The largest absolute Gasteiger partial charge is 0.369 e. The summed E-state index contributed by atoms with van der Waals surface area (Å²) in [6, 6.07) is 29.0. The van der Waals surface area contributed by atoms with Crippen molar-refractivity contribution in [3.63, 3.8) is 0 Å². The van der Waals surface area contributed by atoms with Gasteiger partial charge in [-0.05, 0) is 77.9 Å². The number of hydrogen-bond donors (Lipinski definition) is 2. The fraction of sp³-hybridized carbons (Fsp3) is 0.341. The van der Waals surface area contributed by atoms with Crippen LogP contribution in [0.1, 0.15) is 57.4 Å².